The van der Waals surface area contributed by atoms with Gasteiger partial charge in [0.15, 0.2) is 0 Å². The smallest absolute Gasteiger partial charge is 0.269 e. The average molecular weight is 420 g/mol. The van der Waals surface area contributed by atoms with Crippen LogP contribution in [0.4, 0.5) is 0 Å². The number of hydrogen-bond donors (Lipinski definition) is 1. The van der Waals surface area contributed by atoms with Crippen LogP contribution in [0, 0.1) is 6.92 Å². The van der Waals surface area contributed by atoms with E-state index in [1.807, 2.05) is 61.5 Å². The van der Waals surface area contributed by atoms with Crippen molar-refractivity contribution in [3.05, 3.63) is 101 Å². The number of hydrogen-bond acceptors (Lipinski definition) is 4. The summed E-state index contributed by atoms with van der Waals surface area (Å²) in [6, 6.07) is 22.6. The van der Waals surface area contributed by atoms with Crippen molar-refractivity contribution in [1.29, 1.82) is 0 Å². The van der Waals surface area contributed by atoms with Crippen molar-refractivity contribution in [2.75, 3.05) is 6.54 Å². The summed E-state index contributed by atoms with van der Waals surface area (Å²) in [6.07, 6.45) is 0. The van der Waals surface area contributed by atoms with Gasteiger partial charge in [-0.1, -0.05) is 66.7 Å². The Morgan fingerprint density at radius 3 is 2.27 bits per heavy atom. The fourth-order valence-electron chi connectivity index (χ4n) is 3.62. The zero-order chi connectivity index (χ0) is 21.3. The summed E-state index contributed by atoms with van der Waals surface area (Å²) in [5, 5.41) is 2.91. The topological polar surface area (TPSA) is 83.6 Å². The van der Waals surface area contributed by atoms with E-state index >= 15 is 0 Å². The maximum Gasteiger partial charge on any atom is 0.269 e. The minimum Gasteiger partial charge on any atom is -0.344 e. The molecular weight excluding hydrogens is 400 g/mol. The first-order valence-corrected chi connectivity index (χ1v) is 10.9. The number of sulfonamides is 1. The molecule has 152 valence electrons. The summed E-state index contributed by atoms with van der Waals surface area (Å²) < 4.78 is 26.1. The molecule has 30 heavy (non-hydrogen) atoms. The van der Waals surface area contributed by atoms with Crippen molar-refractivity contribution in [3.63, 3.8) is 0 Å². The third-order valence-electron chi connectivity index (χ3n) is 5.14. The van der Waals surface area contributed by atoms with E-state index in [2.05, 4.69) is 5.32 Å². The number of rotatable bonds is 5. The molecule has 3 aromatic carbocycles. The Balaban J connectivity index is 1.62. The fourth-order valence-corrected chi connectivity index (χ4v) is 5.15. The van der Waals surface area contributed by atoms with E-state index < -0.39 is 34.4 Å². The molecule has 7 heteroatoms. The van der Waals surface area contributed by atoms with Gasteiger partial charge >= 0.3 is 0 Å². The molecule has 1 heterocycles. The normalized spacial score (nSPS) is 15.5. The molecule has 0 aromatic heterocycles. The highest BCUT2D eigenvalue weighted by atomic mass is 32.2. The van der Waals surface area contributed by atoms with Crippen molar-refractivity contribution in [3.8, 4) is 0 Å². The lowest BCUT2D eigenvalue weighted by molar-refractivity contribution is -0.121. The van der Waals surface area contributed by atoms with E-state index in [0.29, 0.717) is 4.31 Å². The van der Waals surface area contributed by atoms with Crippen LogP contribution < -0.4 is 5.32 Å². The van der Waals surface area contributed by atoms with Crippen LogP contribution in [0.1, 0.15) is 33.1 Å². The monoisotopic (exact) mass is 420 g/mol. The molecule has 0 spiro atoms. The summed E-state index contributed by atoms with van der Waals surface area (Å²) in [5.74, 6) is -1.25. The van der Waals surface area contributed by atoms with Crippen molar-refractivity contribution in [1.82, 2.24) is 9.62 Å². The molecule has 4 rings (SSSR count). The molecule has 1 aliphatic heterocycles. The zero-order valence-corrected chi connectivity index (χ0v) is 17.1. The second-order valence-corrected chi connectivity index (χ2v) is 8.91. The van der Waals surface area contributed by atoms with E-state index in [1.165, 1.54) is 12.1 Å². The van der Waals surface area contributed by atoms with Crippen LogP contribution in [0.5, 0.6) is 0 Å². The van der Waals surface area contributed by atoms with Gasteiger partial charge < -0.3 is 5.32 Å². The van der Waals surface area contributed by atoms with Gasteiger partial charge in [-0.05, 0) is 35.7 Å². The third kappa shape index (κ3) is 3.48. The summed E-state index contributed by atoms with van der Waals surface area (Å²) in [7, 11) is -4.04. The van der Waals surface area contributed by atoms with E-state index in [0.717, 1.165) is 16.7 Å². The van der Waals surface area contributed by atoms with Gasteiger partial charge in [0.05, 0.1) is 11.6 Å². The number of amides is 2. The van der Waals surface area contributed by atoms with Crippen LogP contribution in [0.3, 0.4) is 0 Å². The van der Waals surface area contributed by atoms with Crippen molar-refractivity contribution < 1.29 is 18.0 Å². The number of fused-ring (bicyclic) bond motifs is 1. The molecule has 1 N–H and O–H groups in total. The van der Waals surface area contributed by atoms with Crippen LogP contribution in [0.15, 0.2) is 83.8 Å². The molecule has 0 bridgehead atoms. The molecule has 0 unspecified atom stereocenters. The molecule has 2 amide bonds. The minimum atomic E-state index is -4.04. The molecule has 0 saturated carbocycles. The summed E-state index contributed by atoms with van der Waals surface area (Å²) in [6.45, 7) is 1.37. The summed E-state index contributed by atoms with van der Waals surface area (Å²) >= 11 is 0. The standard InChI is InChI=1S/C23H20N2O4S/c1-16-9-5-6-12-18(16)22(17-10-3-2-4-11-17)24-21(26)15-25-23(27)19-13-7-8-14-20(19)30(25,28)29/h2-14,22H,15H2,1H3,(H,24,26)/t22-/m0/s1. The maximum atomic E-state index is 12.9. The number of aryl methyl sites for hydroxylation is 1. The minimum absolute atomic E-state index is 0.0682. The first-order chi connectivity index (χ1) is 14.4. The zero-order valence-electron chi connectivity index (χ0n) is 16.3. The van der Waals surface area contributed by atoms with E-state index in [9.17, 15) is 18.0 Å². The van der Waals surface area contributed by atoms with Crippen LogP contribution in [-0.2, 0) is 14.8 Å². The SMILES string of the molecule is Cc1ccccc1[C@@H](NC(=O)CN1C(=O)c2ccccc2S1(=O)=O)c1ccccc1. The first kappa shape index (κ1) is 19.8. The fraction of sp³-hybridized carbons (Fsp3) is 0.130. The van der Waals surface area contributed by atoms with Gasteiger partial charge in [-0.3, -0.25) is 9.59 Å². The van der Waals surface area contributed by atoms with Crippen molar-refractivity contribution in [2.45, 2.75) is 17.9 Å². The predicted molar refractivity (Wildman–Crippen MR) is 112 cm³/mol. The molecule has 0 saturated heterocycles. The first-order valence-electron chi connectivity index (χ1n) is 9.45. The highest BCUT2D eigenvalue weighted by Crippen LogP contribution is 2.30. The van der Waals surface area contributed by atoms with Gasteiger partial charge in [-0.15, -0.1) is 0 Å². The Kier molecular flexibility index (Phi) is 5.13. The van der Waals surface area contributed by atoms with E-state index in [-0.39, 0.29) is 10.5 Å². The molecule has 3 aromatic rings. The van der Waals surface area contributed by atoms with Crippen LogP contribution in [-0.4, -0.2) is 31.1 Å². The Bertz CT molecular complexity index is 1220. The maximum absolute atomic E-state index is 12.9. The number of nitrogens with one attached hydrogen (secondary N) is 1. The lowest BCUT2D eigenvalue weighted by atomic mass is 9.95. The van der Waals surface area contributed by atoms with Gasteiger partial charge in [0.25, 0.3) is 15.9 Å². The highest BCUT2D eigenvalue weighted by molar-refractivity contribution is 7.90. The second kappa shape index (κ2) is 7.76. The number of nitrogens with zero attached hydrogens (tertiary/aromatic N) is 1. The van der Waals surface area contributed by atoms with E-state index in [4.69, 9.17) is 0 Å². The number of benzene rings is 3. The molecule has 0 aliphatic carbocycles. The van der Waals surface area contributed by atoms with Crippen molar-refractivity contribution in [2.24, 2.45) is 0 Å². The molecule has 1 atom stereocenters. The summed E-state index contributed by atoms with van der Waals surface area (Å²) in [4.78, 5) is 25.4. The molecule has 0 fully saturated rings. The predicted octanol–water partition coefficient (Wildman–Crippen LogP) is 3.05. The number of carbonyl (C=O) groups is 2. The van der Waals surface area contributed by atoms with Crippen LogP contribution >= 0.6 is 0 Å². The summed E-state index contributed by atoms with van der Waals surface area (Å²) in [5.41, 5.74) is 2.84. The Morgan fingerprint density at radius 2 is 1.57 bits per heavy atom. The lowest BCUT2D eigenvalue weighted by Crippen LogP contribution is -2.41. The quantitative estimate of drug-likeness (QED) is 0.688. The van der Waals surface area contributed by atoms with Crippen molar-refractivity contribution >= 4 is 21.8 Å². The van der Waals surface area contributed by atoms with Gasteiger partial charge in [0.1, 0.15) is 11.4 Å². The number of carbonyl (C=O) groups excluding carboxylic acids is 2. The van der Waals surface area contributed by atoms with Gasteiger partial charge in [-0.25, -0.2) is 12.7 Å². The Morgan fingerprint density at radius 1 is 0.933 bits per heavy atom. The average Bonchev–Trinajstić information content (AvgIpc) is 2.94. The Hall–Kier alpha value is -3.45. The lowest BCUT2D eigenvalue weighted by Gasteiger charge is -2.23. The second-order valence-electron chi connectivity index (χ2n) is 7.08. The van der Waals surface area contributed by atoms with Gasteiger partial charge in [0, 0.05) is 0 Å². The van der Waals surface area contributed by atoms with Crippen LogP contribution in [0.2, 0.25) is 0 Å². The molecule has 6 nitrogen and oxygen atoms in total. The Labute approximate surface area is 175 Å². The van der Waals surface area contributed by atoms with Crippen LogP contribution in [0.25, 0.3) is 0 Å². The molecule has 0 radical (unpaired) electrons. The highest BCUT2D eigenvalue weighted by Gasteiger charge is 2.42. The van der Waals surface area contributed by atoms with E-state index in [1.54, 1.807) is 12.1 Å². The molecule has 1 aliphatic rings. The van der Waals surface area contributed by atoms with Gasteiger partial charge in [-0.2, -0.15) is 0 Å². The third-order valence-corrected chi connectivity index (χ3v) is 6.92. The van der Waals surface area contributed by atoms with Gasteiger partial charge in [0.2, 0.25) is 5.91 Å². The molecular formula is C23H20N2O4S. The largest absolute Gasteiger partial charge is 0.344 e.